The Morgan fingerprint density at radius 1 is 1.45 bits per heavy atom. The lowest BCUT2D eigenvalue weighted by molar-refractivity contribution is -0.0516. The van der Waals surface area contributed by atoms with Gasteiger partial charge in [0.05, 0.1) is 24.7 Å². The number of benzene rings is 1. The number of carbonyl (C=O) groups is 1. The van der Waals surface area contributed by atoms with Gasteiger partial charge in [-0.2, -0.15) is 14.0 Å². The van der Waals surface area contributed by atoms with Crippen molar-refractivity contribution in [2.75, 3.05) is 20.2 Å². The molecule has 0 radical (unpaired) electrons. The molecule has 0 N–H and O–H groups in total. The number of halogens is 2. The standard InChI is InChI=1S/C15H18F2N2O3/c1-4-19(9-10(2)8-18)14(20)11-6-5-7-12(21-3)13(11)22-15(16)17/h5-7,10,15H,4,9H2,1-3H3. The maximum absolute atomic E-state index is 12.6. The van der Waals surface area contributed by atoms with Crippen molar-refractivity contribution >= 4 is 5.91 Å². The van der Waals surface area contributed by atoms with Crippen molar-refractivity contribution < 1.29 is 23.0 Å². The fourth-order valence-electron chi connectivity index (χ4n) is 1.95. The maximum atomic E-state index is 12.6. The molecule has 0 spiro atoms. The molecule has 0 aliphatic carbocycles. The van der Waals surface area contributed by atoms with E-state index in [4.69, 9.17) is 10.00 Å². The number of hydrogen-bond donors (Lipinski definition) is 0. The van der Waals surface area contributed by atoms with Crippen LogP contribution in [-0.4, -0.2) is 37.6 Å². The molecule has 0 saturated heterocycles. The third-order valence-corrected chi connectivity index (χ3v) is 3.02. The Kier molecular flexibility index (Phi) is 6.57. The lowest BCUT2D eigenvalue weighted by atomic mass is 10.1. The van der Waals surface area contributed by atoms with Crippen LogP contribution in [-0.2, 0) is 0 Å². The molecule has 1 rings (SSSR count). The van der Waals surface area contributed by atoms with Gasteiger partial charge in [0.2, 0.25) is 0 Å². The fraction of sp³-hybridized carbons (Fsp3) is 0.467. The van der Waals surface area contributed by atoms with Crippen molar-refractivity contribution in [3.8, 4) is 17.6 Å². The molecule has 0 aliphatic rings. The van der Waals surface area contributed by atoms with Crippen molar-refractivity contribution in [3.63, 3.8) is 0 Å². The summed E-state index contributed by atoms with van der Waals surface area (Å²) >= 11 is 0. The first-order valence-corrected chi connectivity index (χ1v) is 6.75. The van der Waals surface area contributed by atoms with Gasteiger partial charge in [0, 0.05) is 13.1 Å². The SMILES string of the molecule is CCN(CC(C)C#N)C(=O)c1cccc(OC)c1OC(F)F. The zero-order valence-corrected chi connectivity index (χ0v) is 12.7. The number of rotatable bonds is 7. The van der Waals surface area contributed by atoms with Crippen molar-refractivity contribution in [2.45, 2.75) is 20.5 Å². The molecule has 0 aromatic heterocycles. The molecule has 5 nitrogen and oxygen atoms in total. The van der Waals surface area contributed by atoms with Crippen molar-refractivity contribution in [1.29, 1.82) is 5.26 Å². The second-order valence-corrected chi connectivity index (χ2v) is 4.59. The highest BCUT2D eigenvalue weighted by Gasteiger charge is 2.24. The minimum atomic E-state index is -3.07. The van der Waals surface area contributed by atoms with E-state index in [-0.39, 0.29) is 29.5 Å². The second kappa shape index (κ2) is 8.17. The molecule has 0 saturated carbocycles. The molecule has 22 heavy (non-hydrogen) atoms. The number of methoxy groups -OCH3 is 1. The number of ether oxygens (including phenoxy) is 2. The Bertz CT molecular complexity index is 558. The van der Waals surface area contributed by atoms with E-state index in [2.05, 4.69) is 4.74 Å². The molecule has 1 unspecified atom stereocenters. The summed E-state index contributed by atoms with van der Waals surface area (Å²) in [5, 5.41) is 8.86. The Balaban J connectivity index is 3.18. The quantitative estimate of drug-likeness (QED) is 0.776. The van der Waals surface area contributed by atoms with E-state index < -0.39 is 12.5 Å². The molecule has 0 aliphatic heterocycles. The van der Waals surface area contributed by atoms with Crippen LogP contribution in [0, 0.1) is 17.2 Å². The molecule has 1 aromatic rings. The summed E-state index contributed by atoms with van der Waals surface area (Å²) in [7, 11) is 1.30. The van der Waals surface area contributed by atoms with Crippen molar-refractivity contribution in [3.05, 3.63) is 23.8 Å². The predicted octanol–water partition coefficient (Wildman–Crippen LogP) is 2.92. The molecule has 120 valence electrons. The Morgan fingerprint density at radius 2 is 2.14 bits per heavy atom. The average molecular weight is 312 g/mol. The first kappa shape index (κ1) is 17.7. The van der Waals surface area contributed by atoms with E-state index in [9.17, 15) is 13.6 Å². The van der Waals surface area contributed by atoms with E-state index in [0.717, 1.165) is 0 Å². The number of alkyl halides is 2. The van der Waals surface area contributed by atoms with Crippen LogP contribution < -0.4 is 9.47 Å². The van der Waals surface area contributed by atoms with Crippen LogP contribution >= 0.6 is 0 Å². The summed E-state index contributed by atoms with van der Waals surface area (Å²) in [6, 6.07) is 6.38. The summed E-state index contributed by atoms with van der Waals surface area (Å²) < 4.78 is 34.6. The molecular weight excluding hydrogens is 294 g/mol. The number of nitriles is 1. The Hall–Kier alpha value is -2.36. The van der Waals surface area contributed by atoms with Gasteiger partial charge in [-0.25, -0.2) is 0 Å². The van der Waals surface area contributed by atoms with Crippen LogP contribution in [0.5, 0.6) is 11.5 Å². The van der Waals surface area contributed by atoms with E-state index in [1.54, 1.807) is 13.8 Å². The highest BCUT2D eigenvalue weighted by molar-refractivity contribution is 5.97. The summed E-state index contributed by atoms with van der Waals surface area (Å²) in [6.45, 7) is 0.900. The molecule has 7 heteroatoms. The summed E-state index contributed by atoms with van der Waals surface area (Å²) in [6.07, 6.45) is 0. The molecule has 1 amide bonds. The average Bonchev–Trinajstić information content (AvgIpc) is 2.51. The van der Waals surface area contributed by atoms with Gasteiger partial charge >= 0.3 is 6.61 Å². The third-order valence-electron chi connectivity index (χ3n) is 3.02. The lowest BCUT2D eigenvalue weighted by Crippen LogP contribution is -2.34. The maximum Gasteiger partial charge on any atom is 0.387 e. The van der Waals surface area contributed by atoms with Crippen molar-refractivity contribution in [1.82, 2.24) is 4.90 Å². The summed E-state index contributed by atoms with van der Waals surface area (Å²) in [5.41, 5.74) is -0.0216. The van der Waals surface area contributed by atoms with Gasteiger partial charge in [-0.1, -0.05) is 6.07 Å². The van der Waals surface area contributed by atoms with Gasteiger partial charge < -0.3 is 14.4 Å². The van der Waals surface area contributed by atoms with E-state index in [1.165, 1.54) is 30.2 Å². The molecule has 0 heterocycles. The first-order chi connectivity index (χ1) is 10.4. The Morgan fingerprint density at radius 3 is 2.64 bits per heavy atom. The fourth-order valence-corrected chi connectivity index (χ4v) is 1.95. The van der Waals surface area contributed by atoms with E-state index in [0.29, 0.717) is 6.54 Å². The van der Waals surface area contributed by atoms with Gasteiger partial charge in [0.1, 0.15) is 0 Å². The van der Waals surface area contributed by atoms with Crippen LogP contribution in [0.1, 0.15) is 24.2 Å². The largest absolute Gasteiger partial charge is 0.493 e. The van der Waals surface area contributed by atoms with Gasteiger partial charge in [-0.05, 0) is 26.0 Å². The molecule has 0 fully saturated rings. The monoisotopic (exact) mass is 312 g/mol. The highest BCUT2D eigenvalue weighted by atomic mass is 19.3. The number of hydrogen-bond acceptors (Lipinski definition) is 4. The van der Waals surface area contributed by atoms with Crippen LogP contribution in [0.3, 0.4) is 0 Å². The number of para-hydroxylation sites is 1. The number of nitrogens with zero attached hydrogens (tertiary/aromatic N) is 2. The Labute approximate surface area is 128 Å². The number of carbonyl (C=O) groups excluding carboxylic acids is 1. The topological polar surface area (TPSA) is 62.6 Å². The number of amides is 1. The predicted molar refractivity (Wildman–Crippen MR) is 76.0 cm³/mol. The second-order valence-electron chi connectivity index (χ2n) is 4.59. The highest BCUT2D eigenvalue weighted by Crippen LogP contribution is 2.33. The van der Waals surface area contributed by atoms with Crippen LogP contribution in [0.25, 0.3) is 0 Å². The van der Waals surface area contributed by atoms with Crippen LogP contribution in [0.2, 0.25) is 0 Å². The van der Waals surface area contributed by atoms with Crippen molar-refractivity contribution in [2.24, 2.45) is 5.92 Å². The zero-order valence-electron chi connectivity index (χ0n) is 12.7. The van der Waals surface area contributed by atoms with E-state index in [1.807, 2.05) is 6.07 Å². The first-order valence-electron chi connectivity index (χ1n) is 6.75. The van der Waals surface area contributed by atoms with Crippen LogP contribution in [0.4, 0.5) is 8.78 Å². The zero-order chi connectivity index (χ0) is 16.7. The van der Waals surface area contributed by atoms with Gasteiger partial charge in [0.15, 0.2) is 11.5 Å². The third kappa shape index (κ3) is 4.32. The molecule has 1 aromatic carbocycles. The minimum absolute atomic E-state index is 0.0216. The summed E-state index contributed by atoms with van der Waals surface area (Å²) in [5.74, 6) is -1.10. The van der Waals surface area contributed by atoms with Gasteiger partial charge in [-0.3, -0.25) is 4.79 Å². The minimum Gasteiger partial charge on any atom is -0.493 e. The summed E-state index contributed by atoms with van der Waals surface area (Å²) in [4.78, 5) is 13.9. The van der Waals surface area contributed by atoms with Crippen LogP contribution in [0.15, 0.2) is 18.2 Å². The lowest BCUT2D eigenvalue weighted by Gasteiger charge is -2.23. The smallest absolute Gasteiger partial charge is 0.387 e. The molecular formula is C15H18F2N2O3. The van der Waals surface area contributed by atoms with Gasteiger partial charge in [-0.15, -0.1) is 0 Å². The van der Waals surface area contributed by atoms with Gasteiger partial charge in [0.25, 0.3) is 5.91 Å². The normalized spacial score (nSPS) is 11.7. The van der Waals surface area contributed by atoms with E-state index >= 15 is 0 Å². The molecule has 0 bridgehead atoms. The molecule has 1 atom stereocenters.